The van der Waals surface area contributed by atoms with Gasteiger partial charge in [0.2, 0.25) is 0 Å². The van der Waals surface area contributed by atoms with Gasteiger partial charge in [0.15, 0.2) is 0 Å². The van der Waals surface area contributed by atoms with E-state index in [1.165, 1.54) is 6.07 Å². The number of nitrogens with two attached hydrogens (primary N) is 1. The lowest BCUT2D eigenvalue weighted by Gasteiger charge is -1.99. The minimum absolute atomic E-state index is 0.342. The highest BCUT2D eigenvalue weighted by atomic mass is 32.1. The van der Waals surface area contributed by atoms with Crippen LogP contribution in [-0.2, 0) is 12.7 Å². The van der Waals surface area contributed by atoms with Crippen molar-refractivity contribution in [2.45, 2.75) is 12.7 Å². The maximum atomic E-state index is 12.4. The van der Waals surface area contributed by atoms with Gasteiger partial charge >= 0.3 is 6.18 Å². The van der Waals surface area contributed by atoms with Crippen molar-refractivity contribution in [2.75, 3.05) is 0 Å². The van der Waals surface area contributed by atoms with Gasteiger partial charge in [0.1, 0.15) is 4.88 Å². The van der Waals surface area contributed by atoms with Gasteiger partial charge in [0, 0.05) is 11.2 Å². The second-order valence-electron chi connectivity index (χ2n) is 3.18. The first-order valence-electron chi connectivity index (χ1n) is 4.30. The number of alkyl halides is 3. The summed E-state index contributed by atoms with van der Waals surface area (Å²) in [6.45, 7) is 0.342. The highest BCUT2D eigenvalue weighted by Crippen LogP contribution is 2.38. The van der Waals surface area contributed by atoms with E-state index in [0.717, 1.165) is 16.9 Å². The molecule has 1 heterocycles. The predicted molar refractivity (Wildman–Crippen MR) is 54.7 cm³/mol. The van der Waals surface area contributed by atoms with E-state index in [1.54, 1.807) is 18.2 Å². The van der Waals surface area contributed by atoms with Gasteiger partial charge < -0.3 is 5.73 Å². The first-order chi connectivity index (χ1) is 7.00. The van der Waals surface area contributed by atoms with Crippen LogP contribution in [0.3, 0.4) is 0 Å². The minimum Gasteiger partial charge on any atom is -0.326 e. The van der Waals surface area contributed by atoms with Gasteiger partial charge in [-0.15, -0.1) is 11.3 Å². The van der Waals surface area contributed by atoms with Gasteiger partial charge in [-0.2, -0.15) is 13.2 Å². The summed E-state index contributed by atoms with van der Waals surface area (Å²) in [5.41, 5.74) is 6.26. The number of halogens is 3. The molecule has 15 heavy (non-hydrogen) atoms. The molecule has 0 radical (unpaired) electrons. The molecule has 0 amide bonds. The maximum Gasteiger partial charge on any atom is 0.425 e. The molecule has 0 bridgehead atoms. The Balaban J connectivity index is 2.56. The van der Waals surface area contributed by atoms with Crippen molar-refractivity contribution in [2.24, 2.45) is 5.73 Å². The maximum absolute atomic E-state index is 12.4. The second kappa shape index (κ2) is 3.50. The molecule has 0 fully saturated rings. The summed E-state index contributed by atoms with van der Waals surface area (Å²) < 4.78 is 37.8. The molecule has 0 aliphatic carbocycles. The number of hydrogen-bond acceptors (Lipinski definition) is 2. The van der Waals surface area contributed by atoms with E-state index < -0.39 is 11.1 Å². The summed E-state index contributed by atoms with van der Waals surface area (Å²) in [4.78, 5) is -0.563. The third-order valence-electron chi connectivity index (χ3n) is 2.10. The Hall–Kier alpha value is -1.07. The van der Waals surface area contributed by atoms with Gasteiger partial charge in [-0.1, -0.05) is 12.1 Å². The van der Waals surface area contributed by atoms with Crippen molar-refractivity contribution in [1.82, 2.24) is 0 Å². The number of rotatable bonds is 1. The highest BCUT2D eigenvalue weighted by molar-refractivity contribution is 7.19. The fourth-order valence-electron chi connectivity index (χ4n) is 1.34. The molecule has 0 saturated heterocycles. The summed E-state index contributed by atoms with van der Waals surface area (Å²) in [7, 11) is 0. The fraction of sp³-hybridized carbons (Fsp3) is 0.200. The highest BCUT2D eigenvalue weighted by Gasteiger charge is 2.32. The van der Waals surface area contributed by atoms with Crippen LogP contribution < -0.4 is 5.73 Å². The molecule has 0 spiro atoms. The standard InChI is InChI=1S/C10H8F3NS/c11-10(12,13)9-4-7-2-1-6(5-14)3-8(7)15-9/h1-4H,5,14H2. The number of fused-ring (bicyclic) bond motifs is 1. The summed E-state index contributed by atoms with van der Waals surface area (Å²) in [5, 5.41) is 0.615. The number of thiophene rings is 1. The molecule has 2 rings (SSSR count). The minimum atomic E-state index is -4.26. The Bertz CT molecular complexity index is 487. The van der Waals surface area contributed by atoms with Gasteiger partial charge in [-0.25, -0.2) is 0 Å². The van der Waals surface area contributed by atoms with Crippen molar-refractivity contribution in [3.05, 3.63) is 34.7 Å². The van der Waals surface area contributed by atoms with Crippen molar-refractivity contribution >= 4 is 21.4 Å². The van der Waals surface area contributed by atoms with Crippen molar-refractivity contribution < 1.29 is 13.2 Å². The Labute approximate surface area is 88.3 Å². The predicted octanol–water partition coefficient (Wildman–Crippen LogP) is 3.38. The van der Waals surface area contributed by atoms with Crippen molar-refractivity contribution in [3.8, 4) is 0 Å². The first-order valence-corrected chi connectivity index (χ1v) is 5.12. The Kier molecular flexibility index (Phi) is 2.44. The van der Waals surface area contributed by atoms with E-state index >= 15 is 0 Å². The summed E-state index contributed by atoms with van der Waals surface area (Å²) in [6, 6.07) is 6.29. The zero-order chi connectivity index (χ0) is 11.1. The number of benzene rings is 1. The van der Waals surface area contributed by atoms with Crippen LogP contribution in [0, 0.1) is 0 Å². The molecule has 0 saturated carbocycles. The molecule has 1 aromatic heterocycles. The van der Waals surface area contributed by atoms with E-state index in [9.17, 15) is 13.2 Å². The third kappa shape index (κ3) is 1.98. The third-order valence-corrected chi connectivity index (χ3v) is 3.24. The topological polar surface area (TPSA) is 26.0 Å². The first kappa shape index (κ1) is 10.4. The Morgan fingerprint density at radius 1 is 1.20 bits per heavy atom. The molecule has 0 aliphatic rings. The molecule has 2 aromatic rings. The summed E-state index contributed by atoms with van der Waals surface area (Å²) >= 11 is 0.753. The quantitative estimate of drug-likeness (QED) is 0.800. The molecule has 0 aliphatic heterocycles. The number of hydrogen-bond donors (Lipinski definition) is 1. The van der Waals surface area contributed by atoms with Crippen molar-refractivity contribution in [1.29, 1.82) is 0 Å². The van der Waals surface area contributed by atoms with Gasteiger partial charge in [-0.3, -0.25) is 0 Å². The van der Waals surface area contributed by atoms with E-state index in [2.05, 4.69) is 0 Å². The molecular formula is C10H8F3NS. The van der Waals surface area contributed by atoms with Crippen LogP contribution in [0.2, 0.25) is 0 Å². The monoisotopic (exact) mass is 231 g/mol. The van der Waals surface area contributed by atoms with E-state index in [-0.39, 0.29) is 0 Å². The van der Waals surface area contributed by atoms with Crippen LogP contribution in [0.15, 0.2) is 24.3 Å². The van der Waals surface area contributed by atoms with E-state index in [4.69, 9.17) is 5.73 Å². The van der Waals surface area contributed by atoms with Crippen LogP contribution >= 0.6 is 11.3 Å². The molecule has 0 unspecified atom stereocenters. The summed E-state index contributed by atoms with van der Waals surface area (Å²) in [6.07, 6.45) is -4.26. The lowest BCUT2D eigenvalue weighted by Crippen LogP contribution is -2.00. The zero-order valence-corrected chi connectivity index (χ0v) is 8.45. The van der Waals surface area contributed by atoms with E-state index in [0.29, 0.717) is 16.6 Å². The molecule has 80 valence electrons. The van der Waals surface area contributed by atoms with Crippen LogP contribution in [-0.4, -0.2) is 0 Å². The Morgan fingerprint density at radius 3 is 2.53 bits per heavy atom. The van der Waals surface area contributed by atoms with Crippen LogP contribution in [0.25, 0.3) is 10.1 Å². The normalized spacial score (nSPS) is 12.3. The SMILES string of the molecule is NCc1ccc2cc(C(F)(F)F)sc2c1. The van der Waals surface area contributed by atoms with Gasteiger partial charge in [0.05, 0.1) is 0 Å². The largest absolute Gasteiger partial charge is 0.425 e. The Morgan fingerprint density at radius 2 is 1.93 bits per heavy atom. The molecule has 0 atom stereocenters. The second-order valence-corrected chi connectivity index (χ2v) is 4.27. The van der Waals surface area contributed by atoms with E-state index in [1.807, 2.05) is 0 Å². The van der Waals surface area contributed by atoms with Crippen LogP contribution in [0.5, 0.6) is 0 Å². The van der Waals surface area contributed by atoms with Gasteiger partial charge in [0.25, 0.3) is 0 Å². The fourth-order valence-corrected chi connectivity index (χ4v) is 2.34. The summed E-state index contributed by atoms with van der Waals surface area (Å²) in [5.74, 6) is 0. The lowest BCUT2D eigenvalue weighted by atomic mass is 10.2. The molecular weight excluding hydrogens is 223 g/mol. The van der Waals surface area contributed by atoms with Gasteiger partial charge in [-0.05, 0) is 23.1 Å². The van der Waals surface area contributed by atoms with Crippen molar-refractivity contribution in [3.63, 3.8) is 0 Å². The molecule has 1 nitrogen and oxygen atoms in total. The molecule has 5 heteroatoms. The van der Waals surface area contributed by atoms with Crippen LogP contribution in [0.1, 0.15) is 10.4 Å². The smallest absolute Gasteiger partial charge is 0.326 e. The average molecular weight is 231 g/mol. The zero-order valence-electron chi connectivity index (χ0n) is 7.64. The molecule has 1 aromatic carbocycles. The molecule has 2 N–H and O–H groups in total. The van der Waals surface area contributed by atoms with Crippen LogP contribution in [0.4, 0.5) is 13.2 Å². The lowest BCUT2D eigenvalue weighted by molar-refractivity contribution is -0.134. The average Bonchev–Trinajstić information content (AvgIpc) is 2.59.